The molecule has 0 aliphatic carbocycles. The van der Waals surface area contributed by atoms with Crippen LogP contribution in [0.3, 0.4) is 0 Å². The van der Waals surface area contributed by atoms with Crippen molar-refractivity contribution in [1.29, 1.82) is 0 Å². The van der Waals surface area contributed by atoms with Crippen molar-refractivity contribution in [2.24, 2.45) is 0 Å². The van der Waals surface area contributed by atoms with Gasteiger partial charge in [-0.1, -0.05) is 19.8 Å². The SMILES string of the molecule is C#CCOc1c(Br)cc(CNC(C)C)cc1OC. The molecule has 3 nitrogen and oxygen atoms in total. The smallest absolute Gasteiger partial charge is 0.176 e. The van der Waals surface area contributed by atoms with E-state index in [-0.39, 0.29) is 6.61 Å². The predicted molar refractivity (Wildman–Crippen MR) is 77.0 cm³/mol. The van der Waals surface area contributed by atoms with Crippen LogP contribution in [0.25, 0.3) is 0 Å². The van der Waals surface area contributed by atoms with Crippen molar-refractivity contribution in [2.75, 3.05) is 13.7 Å². The van der Waals surface area contributed by atoms with Crippen molar-refractivity contribution < 1.29 is 9.47 Å². The van der Waals surface area contributed by atoms with E-state index in [9.17, 15) is 0 Å². The molecule has 4 heteroatoms. The van der Waals surface area contributed by atoms with E-state index in [4.69, 9.17) is 15.9 Å². The first-order valence-corrected chi connectivity index (χ1v) is 6.53. The zero-order valence-electron chi connectivity index (χ0n) is 10.9. The Kier molecular flexibility index (Phi) is 6.03. The normalized spacial score (nSPS) is 10.2. The quantitative estimate of drug-likeness (QED) is 0.819. The van der Waals surface area contributed by atoms with Gasteiger partial charge in [0.05, 0.1) is 11.6 Å². The van der Waals surface area contributed by atoms with Gasteiger partial charge in [0.1, 0.15) is 6.61 Å². The van der Waals surface area contributed by atoms with Crippen molar-refractivity contribution in [3.8, 4) is 23.8 Å². The van der Waals surface area contributed by atoms with Crippen LogP contribution in [0, 0.1) is 12.3 Å². The van der Waals surface area contributed by atoms with E-state index in [0.717, 1.165) is 16.6 Å². The molecule has 0 aromatic heterocycles. The molecule has 0 spiro atoms. The monoisotopic (exact) mass is 311 g/mol. The third-order valence-electron chi connectivity index (χ3n) is 2.30. The Balaban J connectivity index is 2.92. The molecule has 1 aromatic carbocycles. The van der Waals surface area contributed by atoms with Crippen LogP contribution >= 0.6 is 15.9 Å². The van der Waals surface area contributed by atoms with Crippen molar-refractivity contribution in [1.82, 2.24) is 5.32 Å². The number of rotatable bonds is 6. The molecular weight excluding hydrogens is 294 g/mol. The summed E-state index contributed by atoms with van der Waals surface area (Å²) < 4.78 is 11.6. The topological polar surface area (TPSA) is 30.5 Å². The van der Waals surface area contributed by atoms with E-state index in [0.29, 0.717) is 17.5 Å². The summed E-state index contributed by atoms with van der Waals surface area (Å²) in [6.45, 7) is 5.22. The van der Waals surface area contributed by atoms with Crippen molar-refractivity contribution in [3.63, 3.8) is 0 Å². The first kappa shape index (κ1) is 14.9. The summed E-state index contributed by atoms with van der Waals surface area (Å²) in [7, 11) is 1.62. The molecule has 0 fully saturated rings. The Bertz CT molecular complexity index is 438. The molecule has 0 saturated heterocycles. The van der Waals surface area contributed by atoms with Gasteiger partial charge in [-0.2, -0.15) is 0 Å². The van der Waals surface area contributed by atoms with Crippen LogP contribution < -0.4 is 14.8 Å². The zero-order valence-corrected chi connectivity index (χ0v) is 12.5. The van der Waals surface area contributed by atoms with Crippen LogP contribution in [-0.4, -0.2) is 19.8 Å². The summed E-state index contributed by atoms with van der Waals surface area (Å²) >= 11 is 3.47. The highest BCUT2D eigenvalue weighted by Crippen LogP contribution is 2.36. The molecule has 0 atom stereocenters. The molecule has 0 saturated carbocycles. The molecule has 0 bridgehead atoms. The molecule has 1 aromatic rings. The molecule has 0 radical (unpaired) electrons. The van der Waals surface area contributed by atoms with E-state index in [1.54, 1.807) is 7.11 Å². The molecule has 98 valence electrons. The predicted octanol–water partition coefficient (Wildman–Crippen LogP) is 2.97. The number of hydrogen-bond acceptors (Lipinski definition) is 3. The summed E-state index contributed by atoms with van der Waals surface area (Å²) in [6.07, 6.45) is 5.19. The number of nitrogens with one attached hydrogen (secondary N) is 1. The third-order valence-corrected chi connectivity index (χ3v) is 2.89. The van der Waals surface area contributed by atoms with E-state index in [1.165, 1.54) is 0 Å². The Morgan fingerprint density at radius 1 is 1.44 bits per heavy atom. The second-order valence-corrected chi connectivity index (χ2v) is 4.99. The number of methoxy groups -OCH3 is 1. The number of terminal acetylenes is 1. The van der Waals surface area contributed by atoms with Gasteiger partial charge in [-0.25, -0.2) is 0 Å². The second kappa shape index (κ2) is 7.30. The lowest BCUT2D eigenvalue weighted by molar-refractivity contribution is 0.328. The molecule has 1 N–H and O–H groups in total. The van der Waals surface area contributed by atoms with Gasteiger partial charge in [-0.05, 0) is 33.6 Å². The fraction of sp³-hybridized carbons (Fsp3) is 0.429. The van der Waals surface area contributed by atoms with Crippen molar-refractivity contribution >= 4 is 15.9 Å². The van der Waals surface area contributed by atoms with Gasteiger partial charge in [-0.3, -0.25) is 0 Å². The summed E-state index contributed by atoms with van der Waals surface area (Å²) in [5, 5.41) is 3.35. The fourth-order valence-electron chi connectivity index (χ4n) is 1.45. The molecule has 0 amide bonds. The molecular formula is C14H18BrNO2. The van der Waals surface area contributed by atoms with E-state index < -0.39 is 0 Å². The van der Waals surface area contributed by atoms with Gasteiger partial charge < -0.3 is 14.8 Å². The van der Waals surface area contributed by atoms with E-state index >= 15 is 0 Å². The minimum absolute atomic E-state index is 0.221. The maximum atomic E-state index is 5.46. The number of halogens is 1. The Labute approximate surface area is 117 Å². The summed E-state index contributed by atoms with van der Waals surface area (Å²) in [4.78, 5) is 0. The van der Waals surface area contributed by atoms with Gasteiger partial charge in [-0.15, -0.1) is 6.42 Å². The second-order valence-electron chi connectivity index (χ2n) is 4.14. The maximum Gasteiger partial charge on any atom is 0.176 e. The van der Waals surface area contributed by atoms with Crippen molar-refractivity contribution in [3.05, 3.63) is 22.2 Å². The molecule has 0 aliphatic rings. The minimum Gasteiger partial charge on any atom is -0.493 e. The van der Waals surface area contributed by atoms with Gasteiger partial charge in [0, 0.05) is 12.6 Å². The molecule has 0 unspecified atom stereocenters. The first-order chi connectivity index (χ1) is 8.58. The molecule has 0 aliphatic heterocycles. The highest BCUT2D eigenvalue weighted by Gasteiger charge is 2.11. The van der Waals surface area contributed by atoms with Crippen LogP contribution in [0.5, 0.6) is 11.5 Å². The van der Waals surface area contributed by atoms with E-state index in [1.807, 2.05) is 12.1 Å². The van der Waals surface area contributed by atoms with Crippen LogP contribution in [0.1, 0.15) is 19.4 Å². The number of benzene rings is 1. The van der Waals surface area contributed by atoms with Crippen LogP contribution in [0.2, 0.25) is 0 Å². The lowest BCUT2D eigenvalue weighted by Gasteiger charge is -2.14. The van der Waals surface area contributed by atoms with Gasteiger partial charge >= 0.3 is 0 Å². The summed E-state index contributed by atoms with van der Waals surface area (Å²) in [6, 6.07) is 4.39. The third kappa shape index (κ3) is 4.25. The molecule has 0 heterocycles. The fourth-order valence-corrected chi connectivity index (χ4v) is 2.06. The summed E-state index contributed by atoms with van der Waals surface area (Å²) in [5.41, 5.74) is 1.13. The Hall–Kier alpha value is -1.18. The Morgan fingerprint density at radius 3 is 2.72 bits per heavy atom. The molecule has 18 heavy (non-hydrogen) atoms. The number of hydrogen-bond donors (Lipinski definition) is 1. The summed E-state index contributed by atoms with van der Waals surface area (Å²) in [5.74, 6) is 3.76. The first-order valence-electron chi connectivity index (χ1n) is 5.74. The number of ether oxygens (including phenoxy) is 2. The van der Waals surface area contributed by atoms with Crippen LogP contribution in [0.15, 0.2) is 16.6 Å². The Morgan fingerprint density at radius 2 is 2.17 bits per heavy atom. The van der Waals surface area contributed by atoms with Crippen molar-refractivity contribution in [2.45, 2.75) is 26.4 Å². The average Bonchev–Trinajstić information content (AvgIpc) is 2.34. The van der Waals surface area contributed by atoms with Crippen LogP contribution in [0.4, 0.5) is 0 Å². The van der Waals surface area contributed by atoms with Gasteiger partial charge in [0.2, 0.25) is 0 Å². The largest absolute Gasteiger partial charge is 0.493 e. The molecule has 1 rings (SSSR count). The lowest BCUT2D eigenvalue weighted by atomic mass is 10.2. The minimum atomic E-state index is 0.221. The van der Waals surface area contributed by atoms with Crippen LogP contribution in [-0.2, 0) is 6.54 Å². The van der Waals surface area contributed by atoms with E-state index in [2.05, 4.69) is 41.0 Å². The standard InChI is InChI=1S/C14H18BrNO2/c1-5-6-18-14-12(15)7-11(8-13(14)17-4)9-16-10(2)3/h1,7-8,10,16H,6,9H2,2-4H3. The maximum absolute atomic E-state index is 5.46. The highest BCUT2D eigenvalue weighted by molar-refractivity contribution is 9.10. The lowest BCUT2D eigenvalue weighted by Crippen LogP contribution is -2.21. The highest BCUT2D eigenvalue weighted by atomic mass is 79.9. The van der Waals surface area contributed by atoms with Gasteiger partial charge in [0.25, 0.3) is 0 Å². The average molecular weight is 312 g/mol. The van der Waals surface area contributed by atoms with Gasteiger partial charge in [0.15, 0.2) is 11.5 Å². The zero-order chi connectivity index (χ0) is 13.5.